The van der Waals surface area contributed by atoms with E-state index >= 15 is 0 Å². The molecular formula is C30H44K2O16S2. The van der Waals surface area contributed by atoms with E-state index in [1.165, 1.54) is 0 Å². The molecule has 0 aromatic heterocycles. The Bertz CT molecular complexity index is 1490. The number of ether oxygens (including phenoxy) is 3. The smallest absolute Gasteiger partial charge is 0.726 e. The van der Waals surface area contributed by atoms with Crippen LogP contribution in [-0.2, 0) is 53.0 Å². The van der Waals surface area contributed by atoms with Crippen molar-refractivity contribution < 1.29 is 176 Å². The molecule has 0 aromatic rings. The van der Waals surface area contributed by atoms with Crippen LogP contribution < -0.4 is 103 Å². The van der Waals surface area contributed by atoms with Crippen molar-refractivity contribution >= 4 is 32.7 Å². The Morgan fingerprint density at radius 1 is 1.02 bits per heavy atom. The van der Waals surface area contributed by atoms with Crippen molar-refractivity contribution in [3.8, 4) is 0 Å². The molecule has 4 saturated carbocycles. The summed E-state index contributed by atoms with van der Waals surface area (Å²) >= 11 is 0. The summed E-state index contributed by atoms with van der Waals surface area (Å²) in [4.78, 5) is 25.6. The van der Waals surface area contributed by atoms with Crippen molar-refractivity contribution in [1.29, 1.82) is 0 Å². The topological polar surface area (TPSA) is 255 Å². The van der Waals surface area contributed by atoms with Crippen molar-refractivity contribution in [2.24, 2.45) is 40.4 Å². The summed E-state index contributed by atoms with van der Waals surface area (Å²) < 4.78 is 96.9. The quantitative estimate of drug-likeness (QED) is 0.0442. The van der Waals surface area contributed by atoms with Crippen LogP contribution >= 0.6 is 0 Å². The third kappa shape index (κ3) is 9.55. The molecular weight excluding hydrogens is 759 g/mol. The van der Waals surface area contributed by atoms with E-state index in [4.69, 9.17) is 14.2 Å². The molecule has 1 aliphatic heterocycles. The average Bonchev–Trinajstić information content (AvgIpc) is 3.12. The zero-order chi connectivity index (χ0) is 35.6. The standard InChI is InChI=1S/C30H46O16S2.2K/c1-14(2)9-22(32)44-25-24(46-48(39,40)41)23(45-47(36,37)38)20(13-31)43-28(25)42-17-10-18(27(34)35)19-7-8-30-11-16(15(3)26(30)33)5-6-21(30)29(19,4)12-17;;/h14,16-21,23-26,28,31,33H,3,5-13H2,1-2,4H3,(H,34,35)(H,36,37,38)(H,39,40,41);;/q;2*+1/p-2/t16?,17-,18-,19-,20?,21+,23?,24?,25?,26+,28?,29-,30-;;/m1../s1. The first-order valence-electron chi connectivity index (χ1n) is 16.2. The van der Waals surface area contributed by atoms with Gasteiger partial charge in [0.1, 0.15) is 18.3 Å². The molecule has 0 aromatic carbocycles. The number of carbonyl (C=O) groups is 2. The van der Waals surface area contributed by atoms with Gasteiger partial charge in [-0.3, -0.25) is 18.0 Å². The normalized spacial score (nSPS) is 41.3. The fourth-order valence-electron chi connectivity index (χ4n) is 9.81. The minimum Gasteiger partial charge on any atom is -0.726 e. The van der Waals surface area contributed by atoms with Crippen molar-refractivity contribution in [1.82, 2.24) is 0 Å². The van der Waals surface area contributed by atoms with Gasteiger partial charge < -0.3 is 38.6 Å². The average molecular weight is 803 g/mol. The van der Waals surface area contributed by atoms with Gasteiger partial charge in [-0.25, -0.2) is 16.8 Å². The van der Waals surface area contributed by atoms with Crippen LogP contribution in [0.2, 0.25) is 0 Å². The van der Waals surface area contributed by atoms with Gasteiger partial charge in [0, 0.05) is 11.8 Å². The second-order valence-corrected chi connectivity index (χ2v) is 16.8. The van der Waals surface area contributed by atoms with Gasteiger partial charge in [-0.1, -0.05) is 27.4 Å². The van der Waals surface area contributed by atoms with E-state index < -0.39 is 99.0 Å². The molecule has 1 heterocycles. The molecule has 1 spiro atoms. The van der Waals surface area contributed by atoms with E-state index in [-0.39, 0.29) is 146 Å². The van der Waals surface area contributed by atoms with Gasteiger partial charge in [0.05, 0.1) is 24.7 Å². The zero-order valence-electron chi connectivity index (χ0n) is 29.0. The minimum absolute atomic E-state index is 0. The van der Waals surface area contributed by atoms with E-state index in [0.717, 1.165) is 24.8 Å². The number of fused-ring (bicyclic) bond motifs is 3. The number of carbonyl (C=O) groups excluding carboxylic acids is 1. The SMILES string of the molecule is C=C1C2CC[C@H]3[C@]4(C)C[C@H](OC5OC(CO)C(OS(=O)(=O)[O-])C(OS(=O)(=O)[O-])C5OC(=O)CC(C)C)C[C@@H](C(=O)O)[C@H]4CC[C@]3(C2)[C@H]1O.[K+].[K+]. The molecule has 50 heavy (non-hydrogen) atoms. The van der Waals surface area contributed by atoms with Gasteiger partial charge in [-0.05, 0) is 79.6 Å². The summed E-state index contributed by atoms with van der Waals surface area (Å²) in [6.45, 7) is 8.41. The van der Waals surface area contributed by atoms with Gasteiger partial charge in [-0.15, -0.1) is 0 Å². The van der Waals surface area contributed by atoms with Crippen LogP contribution in [0.5, 0.6) is 0 Å². The Labute approximate surface area is 377 Å². The summed E-state index contributed by atoms with van der Waals surface area (Å²) in [5, 5.41) is 31.9. The van der Waals surface area contributed by atoms with Crippen molar-refractivity contribution in [3.05, 3.63) is 12.2 Å². The van der Waals surface area contributed by atoms with Crippen molar-refractivity contribution in [2.75, 3.05) is 6.61 Å². The number of hydrogen-bond acceptors (Lipinski definition) is 15. The fourth-order valence-corrected chi connectivity index (χ4v) is 10.8. The molecule has 5 aliphatic rings. The number of hydrogen-bond donors (Lipinski definition) is 3. The number of aliphatic carboxylic acids is 1. The zero-order valence-corrected chi connectivity index (χ0v) is 36.8. The van der Waals surface area contributed by atoms with Gasteiger partial charge in [0.25, 0.3) is 0 Å². The van der Waals surface area contributed by atoms with E-state index in [0.29, 0.717) is 12.8 Å². The van der Waals surface area contributed by atoms with Gasteiger partial charge in [0.2, 0.25) is 20.8 Å². The van der Waals surface area contributed by atoms with Crippen LogP contribution in [-0.4, -0.2) is 103 Å². The Balaban J connectivity index is 0.00000338. The molecule has 0 amide bonds. The largest absolute Gasteiger partial charge is 1.00 e. The summed E-state index contributed by atoms with van der Waals surface area (Å²) in [5.41, 5.74) is -0.359. The van der Waals surface area contributed by atoms with Crippen LogP contribution in [0.4, 0.5) is 0 Å². The van der Waals surface area contributed by atoms with Gasteiger partial charge in [0.15, 0.2) is 12.4 Å². The summed E-state index contributed by atoms with van der Waals surface area (Å²) in [6.07, 6.45) is -8.49. The van der Waals surface area contributed by atoms with Crippen LogP contribution in [0.15, 0.2) is 12.2 Å². The molecule has 6 unspecified atom stereocenters. The molecule has 2 bridgehead atoms. The van der Waals surface area contributed by atoms with E-state index in [1.807, 2.05) is 6.92 Å². The Morgan fingerprint density at radius 3 is 2.20 bits per heavy atom. The summed E-state index contributed by atoms with van der Waals surface area (Å²) in [6, 6.07) is 0. The fraction of sp³-hybridized carbons (Fsp3) is 0.867. The maximum atomic E-state index is 12.9. The predicted octanol–water partition coefficient (Wildman–Crippen LogP) is -5.01. The predicted molar refractivity (Wildman–Crippen MR) is 159 cm³/mol. The summed E-state index contributed by atoms with van der Waals surface area (Å²) in [7, 11) is -11.3. The molecule has 16 nitrogen and oxygen atoms in total. The van der Waals surface area contributed by atoms with Crippen molar-refractivity contribution in [2.45, 2.75) is 115 Å². The Hall–Kier alpha value is 1.53. The number of aliphatic hydroxyl groups is 2. The molecule has 13 atom stereocenters. The first kappa shape index (κ1) is 45.9. The van der Waals surface area contributed by atoms with Crippen LogP contribution in [0.1, 0.15) is 72.1 Å². The molecule has 0 radical (unpaired) electrons. The molecule has 5 fully saturated rings. The van der Waals surface area contributed by atoms with E-state index in [9.17, 15) is 50.8 Å². The van der Waals surface area contributed by atoms with Crippen LogP contribution in [0.25, 0.3) is 0 Å². The first-order chi connectivity index (χ1) is 22.2. The molecule has 3 N–H and O–H groups in total. The molecule has 1 saturated heterocycles. The first-order valence-corrected chi connectivity index (χ1v) is 18.8. The third-order valence-corrected chi connectivity index (χ3v) is 12.4. The van der Waals surface area contributed by atoms with Crippen molar-refractivity contribution in [3.63, 3.8) is 0 Å². The number of esters is 1. The minimum atomic E-state index is -5.69. The number of rotatable bonds is 11. The Kier molecular flexibility index (Phi) is 15.9. The third-order valence-electron chi connectivity index (χ3n) is 11.5. The molecule has 4 aliphatic carbocycles. The second-order valence-electron chi connectivity index (χ2n) is 14.8. The number of aliphatic hydroxyl groups excluding tert-OH is 2. The van der Waals surface area contributed by atoms with E-state index in [2.05, 4.69) is 14.9 Å². The monoisotopic (exact) mass is 802 g/mol. The molecule has 20 heteroatoms. The Morgan fingerprint density at radius 2 is 1.64 bits per heavy atom. The van der Waals surface area contributed by atoms with Gasteiger partial charge >= 0.3 is 115 Å². The maximum Gasteiger partial charge on any atom is 1.00 e. The molecule has 5 rings (SSSR count). The van der Waals surface area contributed by atoms with E-state index in [1.54, 1.807) is 13.8 Å². The van der Waals surface area contributed by atoms with Crippen LogP contribution in [0.3, 0.4) is 0 Å². The van der Waals surface area contributed by atoms with Gasteiger partial charge in [-0.2, -0.15) is 0 Å². The number of carboxylic acid groups (broad SMARTS) is 1. The number of carboxylic acids is 1. The second kappa shape index (κ2) is 17.4. The maximum absolute atomic E-state index is 12.9. The summed E-state index contributed by atoms with van der Waals surface area (Å²) in [5.74, 6) is -3.38. The molecule has 274 valence electrons. The van der Waals surface area contributed by atoms with Crippen LogP contribution in [0, 0.1) is 40.4 Å².